The second-order valence-corrected chi connectivity index (χ2v) is 9.00. The van der Waals surface area contributed by atoms with E-state index >= 15 is 0 Å². The zero-order chi connectivity index (χ0) is 18.3. The Kier molecular flexibility index (Phi) is 4.71. The van der Waals surface area contributed by atoms with Gasteiger partial charge in [0, 0.05) is 42.3 Å². The van der Waals surface area contributed by atoms with E-state index in [-0.39, 0.29) is 6.04 Å². The zero-order valence-corrected chi connectivity index (χ0v) is 16.1. The molecule has 2 aromatic carbocycles. The molecular formula is C18H17Cl2N3O2S. The number of aromatic amines is 1. The maximum absolute atomic E-state index is 12.3. The zero-order valence-electron chi connectivity index (χ0n) is 13.7. The maximum Gasteiger partial charge on any atom is 0.240 e. The van der Waals surface area contributed by atoms with Gasteiger partial charge in [-0.15, -0.1) is 0 Å². The summed E-state index contributed by atoms with van der Waals surface area (Å²) in [6, 6.07) is 14.0. The van der Waals surface area contributed by atoms with Crippen molar-refractivity contribution in [1.29, 1.82) is 0 Å². The molecule has 1 fully saturated rings. The third-order valence-electron chi connectivity index (χ3n) is 4.44. The largest absolute Gasteiger partial charge is 0.357 e. The molecule has 2 heterocycles. The van der Waals surface area contributed by atoms with Crippen molar-refractivity contribution in [3.05, 3.63) is 64.3 Å². The molecular weight excluding hydrogens is 393 g/mol. The molecule has 0 bridgehead atoms. The van der Waals surface area contributed by atoms with E-state index in [1.54, 1.807) is 30.3 Å². The van der Waals surface area contributed by atoms with Crippen LogP contribution in [-0.4, -0.2) is 37.4 Å². The molecule has 1 saturated heterocycles. The van der Waals surface area contributed by atoms with Gasteiger partial charge in [0.1, 0.15) is 0 Å². The van der Waals surface area contributed by atoms with Crippen molar-refractivity contribution in [3.8, 4) is 0 Å². The molecule has 0 saturated carbocycles. The molecule has 0 amide bonds. The molecule has 5 nitrogen and oxygen atoms in total. The minimum absolute atomic E-state index is 0.0755. The molecule has 0 atom stereocenters. The van der Waals surface area contributed by atoms with Gasteiger partial charge in [0.2, 0.25) is 10.0 Å². The molecule has 0 unspecified atom stereocenters. The van der Waals surface area contributed by atoms with Crippen molar-refractivity contribution in [3.63, 3.8) is 0 Å². The van der Waals surface area contributed by atoms with E-state index < -0.39 is 10.0 Å². The molecule has 136 valence electrons. The summed E-state index contributed by atoms with van der Waals surface area (Å²) in [6.07, 6.45) is 0. The van der Waals surface area contributed by atoms with Crippen LogP contribution in [0.5, 0.6) is 0 Å². The third kappa shape index (κ3) is 3.61. The van der Waals surface area contributed by atoms with Gasteiger partial charge in [0.25, 0.3) is 0 Å². The van der Waals surface area contributed by atoms with Crippen molar-refractivity contribution >= 4 is 44.1 Å². The second-order valence-electron chi connectivity index (χ2n) is 6.47. The topological polar surface area (TPSA) is 65.2 Å². The highest BCUT2D eigenvalue weighted by molar-refractivity contribution is 7.89. The van der Waals surface area contributed by atoms with E-state index in [2.05, 4.69) is 14.6 Å². The van der Waals surface area contributed by atoms with Gasteiger partial charge in [-0.2, -0.15) is 0 Å². The summed E-state index contributed by atoms with van der Waals surface area (Å²) >= 11 is 12.1. The van der Waals surface area contributed by atoms with Crippen molar-refractivity contribution in [1.82, 2.24) is 14.6 Å². The Morgan fingerprint density at radius 1 is 1.08 bits per heavy atom. The summed E-state index contributed by atoms with van der Waals surface area (Å²) in [5.74, 6) is 0. The molecule has 2 N–H and O–H groups in total. The average molecular weight is 410 g/mol. The van der Waals surface area contributed by atoms with Crippen molar-refractivity contribution < 1.29 is 8.42 Å². The fourth-order valence-electron chi connectivity index (χ4n) is 3.17. The Morgan fingerprint density at radius 3 is 2.50 bits per heavy atom. The van der Waals surface area contributed by atoms with Crippen LogP contribution in [0.25, 0.3) is 10.9 Å². The first-order valence-electron chi connectivity index (χ1n) is 8.17. The lowest BCUT2D eigenvalue weighted by molar-refractivity contribution is 0.131. The first-order valence-corrected chi connectivity index (χ1v) is 10.4. The minimum Gasteiger partial charge on any atom is -0.357 e. The number of sulfonamides is 1. The van der Waals surface area contributed by atoms with E-state index in [9.17, 15) is 8.42 Å². The van der Waals surface area contributed by atoms with Crippen molar-refractivity contribution in [2.75, 3.05) is 13.1 Å². The summed E-state index contributed by atoms with van der Waals surface area (Å²) in [4.78, 5) is 5.80. The number of fused-ring (bicyclic) bond motifs is 1. The average Bonchev–Trinajstić information content (AvgIpc) is 2.95. The smallest absolute Gasteiger partial charge is 0.240 e. The van der Waals surface area contributed by atoms with Crippen LogP contribution < -0.4 is 4.72 Å². The predicted octanol–water partition coefficient (Wildman–Crippen LogP) is 3.64. The second kappa shape index (κ2) is 6.87. The van der Waals surface area contributed by atoms with E-state index in [4.69, 9.17) is 23.2 Å². The van der Waals surface area contributed by atoms with Crippen LogP contribution in [0, 0.1) is 0 Å². The fraction of sp³-hybridized carbons (Fsp3) is 0.222. The van der Waals surface area contributed by atoms with Crippen LogP contribution in [-0.2, 0) is 16.6 Å². The van der Waals surface area contributed by atoms with Crippen molar-refractivity contribution in [2.45, 2.75) is 17.5 Å². The standard InChI is InChI=1S/C18H17Cl2N3O2S/c19-16-7-12-6-13(21-18(12)8-17(16)20)9-23-10-14(11-23)22-26(24,25)15-4-2-1-3-5-15/h1-8,14,21-22H,9-11H2. The highest BCUT2D eigenvalue weighted by atomic mass is 35.5. The lowest BCUT2D eigenvalue weighted by Gasteiger charge is -2.39. The quantitative estimate of drug-likeness (QED) is 0.675. The van der Waals surface area contributed by atoms with Crippen LogP contribution in [0.1, 0.15) is 5.69 Å². The summed E-state index contributed by atoms with van der Waals surface area (Å²) in [7, 11) is -3.46. The number of likely N-dealkylation sites (tertiary alicyclic amines) is 1. The summed E-state index contributed by atoms with van der Waals surface area (Å²) in [6.45, 7) is 2.05. The number of rotatable bonds is 5. The van der Waals surface area contributed by atoms with Gasteiger partial charge in [-0.05, 0) is 30.3 Å². The molecule has 26 heavy (non-hydrogen) atoms. The molecule has 8 heteroatoms. The normalized spacial score (nSPS) is 16.1. The van der Waals surface area contributed by atoms with Crippen LogP contribution >= 0.6 is 23.2 Å². The molecule has 0 radical (unpaired) electrons. The van der Waals surface area contributed by atoms with Crippen LogP contribution in [0.3, 0.4) is 0 Å². The fourth-order valence-corrected chi connectivity index (χ4v) is 4.75. The number of nitrogens with one attached hydrogen (secondary N) is 2. The number of hydrogen-bond donors (Lipinski definition) is 2. The van der Waals surface area contributed by atoms with E-state index in [1.807, 2.05) is 18.2 Å². The Bertz CT molecular complexity index is 1010. The number of aromatic nitrogens is 1. The summed E-state index contributed by atoms with van der Waals surface area (Å²) in [5.41, 5.74) is 1.99. The maximum atomic E-state index is 12.3. The first kappa shape index (κ1) is 17.8. The van der Waals surface area contributed by atoms with Gasteiger partial charge in [0.15, 0.2) is 0 Å². The van der Waals surface area contributed by atoms with Gasteiger partial charge >= 0.3 is 0 Å². The van der Waals surface area contributed by atoms with Gasteiger partial charge in [0.05, 0.1) is 14.9 Å². The monoisotopic (exact) mass is 409 g/mol. The Labute approximate surface area is 162 Å². The van der Waals surface area contributed by atoms with E-state index in [1.165, 1.54) is 0 Å². The van der Waals surface area contributed by atoms with E-state index in [0.717, 1.165) is 16.6 Å². The van der Waals surface area contributed by atoms with E-state index in [0.29, 0.717) is 34.6 Å². The lowest BCUT2D eigenvalue weighted by atomic mass is 10.1. The third-order valence-corrected chi connectivity index (χ3v) is 6.70. The van der Waals surface area contributed by atoms with Gasteiger partial charge in [-0.25, -0.2) is 13.1 Å². The molecule has 3 aromatic rings. The molecule has 1 aliphatic heterocycles. The number of nitrogens with zero attached hydrogens (tertiary/aromatic N) is 1. The van der Waals surface area contributed by atoms with Crippen LogP contribution in [0.4, 0.5) is 0 Å². The van der Waals surface area contributed by atoms with Gasteiger partial charge < -0.3 is 4.98 Å². The summed E-state index contributed by atoms with van der Waals surface area (Å²) in [5, 5.41) is 2.06. The molecule has 0 aliphatic carbocycles. The van der Waals surface area contributed by atoms with Crippen molar-refractivity contribution in [2.24, 2.45) is 0 Å². The molecule has 0 spiro atoms. The lowest BCUT2D eigenvalue weighted by Crippen LogP contribution is -2.58. The molecule has 1 aliphatic rings. The number of hydrogen-bond acceptors (Lipinski definition) is 3. The predicted molar refractivity (Wildman–Crippen MR) is 104 cm³/mol. The number of benzene rings is 2. The Hall–Kier alpha value is -1.57. The molecule has 4 rings (SSSR count). The first-order chi connectivity index (χ1) is 12.4. The number of halogens is 2. The van der Waals surface area contributed by atoms with Crippen LogP contribution in [0.2, 0.25) is 10.0 Å². The van der Waals surface area contributed by atoms with Crippen LogP contribution in [0.15, 0.2) is 53.4 Å². The van der Waals surface area contributed by atoms with Gasteiger partial charge in [-0.1, -0.05) is 41.4 Å². The van der Waals surface area contributed by atoms with Gasteiger partial charge in [-0.3, -0.25) is 4.90 Å². The minimum atomic E-state index is -3.46. The summed E-state index contributed by atoms with van der Waals surface area (Å²) < 4.78 is 27.4. The SMILES string of the molecule is O=S(=O)(NC1CN(Cc2cc3cc(Cl)c(Cl)cc3[nH]2)C1)c1ccccc1. The Morgan fingerprint density at radius 2 is 1.77 bits per heavy atom. The highest BCUT2D eigenvalue weighted by Crippen LogP contribution is 2.28. The number of H-pyrrole nitrogens is 1. The Balaban J connectivity index is 1.37. The molecule has 1 aromatic heterocycles. The highest BCUT2D eigenvalue weighted by Gasteiger charge is 2.31.